The Hall–Kier alpha value is -2.01. The predicted molar refractivity (Wildman–Crippen MR) is 79.1 cm³/mol. The molecule has 2 aromatic rings. The zero-order chi connectivity index (χ0) is 14.5. The predicted octanol–water partition coefficient (Wildman–Crippen LogP) is 4.07. The van der Waals surface area contributed by atoms with Crippen molar-refractivity contribution in [1.82, 2.24) is 0 Å². The number of aldehydes is 1. The Morgan fingerprint density at radius 3 is 2.20 bits per heavy atom. The van der Waals surface area contributed by atoms with Gasteiger partial charge in [0.05, 0.1) is 19.8 Å². The van der Waals surface area contributed by atoms with E-state index < -0.39 is 0 Å². The Bertz CT molecular complexity index is 603. The molecule has 0 saturated carbocycles. The number of carbonyl (C=O) groups excluding carboxylic acids is 1. The largest absolute Gasteiger partial charge is 0.493 e. The van der Waals surface area contributed by atoms with E-state index in [9.17, 15) is 4.79 Å². The molecule has 20 heavy (non-hydrogen) atoms. The third kappa shape index (κ3) is 2.93. The summed E-state index contributed by atoms with van der Waals surface area (Å²) in [5.41, 5.74) is 0.446. The van der Waals surface area contributed by atoms with E-state index in [4.69, 9.17) is 14.2 Å². The van der Waals surface area contributed by atoms with E-state index in [1.165, 1.54) is 0 Å². The van der Waals surface area contributed by atoms with Crippen molar-refractivity contribution < 1.29 is 19.0 Å². The topological polar surface area (TPSA) is 44.8 Å². The van der Waals surface area contributed by atoms with Crippen LogP contribution in [0.4, 0.5) is 0 Å². The highest BCUT2D eigenvalue weighted by Crippen LogP contribution is 2.41. The number of halogens is 1. The highest BCUT2D eigenvalue weighted by Gasteiger charge is 2.14. The minimum absolute atomic E-state index is 0.428. The summed E-state index contributed by atoms with van der Waals surface area (Å²) in [4.78, 5) is 11.1. The minimum atomic E-state index is 0.428. The highest BCUT2D eigenvalue weighted by molar-refractivity contribution is 9.10. The molecule has 2 aromatic carbocycles. The summed E-state index contributed by atoms with van der Waals surface area (Å²) in [5.74, 6) is 1.92. The monoisotopic (exact) mass is 336 g/mol. The van der Waals surface area contributed by atoms with Crippen molar-refractivity contribution in [2.24, 2.45) is 0 Å². The number of para-hydroxylation sites is 1. The smallest absolute Gasteiger partial charge is 0.211 e. The minimum Gasteiger partial charge on any atom is -0.493 e. The molecule has 0 aliphatic heterocycles. The van der Waals surface area contributed by atoms with E-state index in [1.54, 1.807) is 50.6 Å². The molecule has 0 spiro atoms. The molecule has 2 rings (SSSR count). The van der Waals surface area contributed by atoms with Crippen molar-refractivity contribution in [2.45, 2.75) is 0 Å². The standard InChI is InChI=1S/C15H13BrO4/c1-18-12-4-3-5-13(19-2)15(12)20-14-8-11(16)7-6-10(14)9-17/h3-9H,1-2H3. The molecule has 0 fully saturated rings. The van der Waals surface area contributed by atoms with E-state index in [-0.39, 0.29) is 0 Å². The lowest BCUT2D eigenvalue weighted by Crippen LogP contribution is -1.96. The fourth-order valence-electron chi connectivity index (χ4n) is 1.72. The first kappa shape index (κ1) is 14.4. The Kier molecular flexibility index (Phi) is 4.63. The van der Waals surface area contributed by atoms with Gasteiger partial charge in [-0.2, -0.15) is 0 Å². The second kappa shape index (κ2) is 6.43. The summed E-state index contributed by atoms with van der Waals surface area (Å²) in [6.07, 6.45) is 0.740. The van der Waals surface area contributed by atoms with Gasteiger partial charge in [0.25, 0.3) is 0 Å². The van der Waals surface area contributed by atoms with Crippen molar-refractivity contribution in [1.29, 1.82) is 0 Å². The van der Waals surface area contributed by atoms with E-state index >= 15 is 0 Å². The Morgan fingerprint density at radius 2 is 1.65 bits per heavy atom. The molecule has 0 saturated heterocycles. The Labute approximate surface area is 125 Å². The average molecular weight is 337 g/mol. The van der Waals surface area contributed by atoms with Crippen LogP contribution in [0.2, 0.25) is 0 Å². The summed E-state index contributed by atoms with van der Waals surface area (Å²) in [7, 11) is 3.09. The summed E-state index contributed by atoms with van der Waals surface area (Å²) >= 11 is 3.35. The molecule has 0 radical (unpaired) electrons. The molecular weight excluding hydrogens is 324 g/mol. The van der Waals surface area contributed by atoms with Crippen LogP contribution in [0.3, 0.4) is 0 Å². The van der Waals surface area contributed by atoms with E-state index in [0.717, 1.165) is 10.8 Å². The van der Waals surface area contributed by atoms with Crippen LogP contribution in [0.25, 0.3) is 0 Å². The second-order valence-corrected chi connectivity index (χ2v) is 4.81. The van der Waals surface area contributed by atoms with Gasteiger partial charge in [-0.1, -0.05) is 22.0 Å². The summed E-state index contributed by atoms with van der Waals surface area (Å²) in [5, 5.41) is 0. The Balaban J connectivity index is 2.49. The molecule has 0 unspecified atom stereocenters. The number of rotatable bonds is 5. The zero-order valence-corrected chi connectivity index (χ0v) is 12.6. The van der Waals surface area contributed by atoms with Crippen LogP contribution in [-0.4, -0.2) is 20.5 Å². The van der Waals surface area contributed by atoms with Gasteiger partial charge in [-0.05, 0) is 30.3 Å². The van der Waals surface area contributed by atoms with Crippen molar-refractivity contribution in [2.75, 3.05) is 14.2 Å². The number of carbonyl (C=O) groups is 1. The average Bonchev–Trinajstić information content (AvgIpc) is 2.47. The lowest BCUT2D eigenvalue weighted by Gasteiger charge is -2.15. The van der Waals surface area contributed by atoms with Crippen LogP contribution in [0.5, 0.6) is 23.0 Å². The van der Waals surface area contributed by atoms with E-state index in [0.29, 0.717) is 28.6 Å². The Morgan fingerprint density at radius 1 is 1.00 bits per heavy atom. The third-order valence-corrected chi connectivity index (χ3v) is 3.19. The lowest BCUT2D eigenvalue weighted by molar-refractivity contribution is 0.112. The first-order valence-electron chi connectivity index (χ1n) is 5.83. The van der Waals surface area contributed by atoms with E-state index in [2.05, 4.69) is 15.9 Å². The first-order chi connectivity index (χ1) is 9.69. The molecule has 4 nitrogen and oxygen atoms in total. The van der Waals surface area contributed by atoms with Gasteiger partial charge in [0.15, 0.2) is 17.8 Å². The van der Waals surface area contributed by atoms with Gasteiger partial charge in [-0.3, -0.25) is 4.79 Å². The van der Waals surface area contributed by atoms with Gasteiger partial charge < -0.3 is 14.2 Å². The van der Waals surface area contributed by atoms with Crippen molar-refractivity contribution in [3.63, 3.8) is 0 Å². The molecule has 0 heterocycles. The molecule has 104 valence electrons. The quantitative estimate of drug-likeness (QED) is 0.772. The maximum Gasteiger partial charge on any atom is 0.211 e. The molecule has 0 atom stereocenters. The van der Waals surface area contributed by atoms with Crippen molar-refractivity contribution >= 4 is 22.2 Å². The van der Waals surface area contributed by atoms with Crippen LogP contribution < -0.4 is 14.2 Å². The van der Waals surface area contributed by atoms with Gasteiger partial charge >= 0.3 is 0 Å². The summed E-state index contributed by atoms with van der Waals surface area (Å²) < 4.78 is 17.1. The maximum atomic E-state index is 11.1. The molecule has 0 aliphatic carbocycles. The number of benzene rings is 2. The fourth-order valence-corrected chi connectivity index (χ4v) is 2.06. The number of ether oxygens (including phenoxy) is 3. The molecule has 0 aromatic heterocycles. The second-order valence-electron chi connectivity index (χ2n) is 3.89. The molecule has 5 heteroatoms. The van der Waals surface area contributed by atoms with Crippen LogP contribution >= 0.6 is 15.9 Å². The van der Waals surface area contributed by atoms with Gasteiger partial charge in [-0.15, -0.1) is 0 Å². The first-order valence-corrected chi connectivity index (χ1v) is 6.62. The van der Waals surface area contributed by atoms with Gasteiger partial charge in [0, 0.05) is 4.47 Å². The normalized spacial score (nSPS) is 9.95. The van der Waals surface area contributed by atoms with Crippen molar-refractivity contribution in [3.05, 3.63) is 46.4 Å². The van der Waals surface area contributed by atoms with E-state index in [1.807, 2.05) is 0 Å². The molecular formula is C15H13BrO4. The summed E-state index contributed by atoms with van der Waals surface area (Å²) in [6, 6.07) is 10.5. The number of methoxy groups -OCH3 is 2. The molecule has 0 bridgehead atoms. The SMILES string of the molecule is COc1cccc(OC)c1Oc1cc(Br)ccc1C=O. The zero-order valence-electron chi connectivity index (χ0n) is 11.1. The number of hydrogen-bond acceptors (Lipinski definition) is 4. The van der Waals surface area contributed by atoms with Crippen LogP contribution in [0.1, 0.15) is 10.4 Å². The molecule has 0 amide bonds. The van der Waals surface area contributed by atoms with Gasteiger partial charge in [0.2, 0.25) is 5.75 Å². The van der Waals surface area contributed by atoms with Gasteiger partial charge in [-0.25, -0.2) is 0 Å². The van der Waals surface area contributed by atoms with Crippen molar-refractivity contribution in [3.8, 4) is 23.0 Å². The highest BCUT2D eigenvalue weighted by atomic mass is 79.9. The maximum absolute atomic E-state index is 11.1. The third-order valence-electron chi connectivity index (χ3n) is 2.70. The van der Waals surface area contributed by atoms with Crippen LogP contribution in [0.15, 0.2) is 40.9 Å². The molecule has 0 aliphatic rings. The number of hydrogen-bond donors (Lipinski definition) is 0. The fraction of sp³-hybridized carbons (Fsp3) is 0.133. The van der Waals surface area contributed by atoms with Gasteiger partial charge in [0.1, 0.15) is 5.75 Å². The van der Waals surface area contributed by atoms with Crippen LogP contribution in [0, 0.1) is 0 Å². The molecule has 0 N–H and O–H groups in total. The van der Waals surface area contributed by atoms with Crippen LogP contribution in [-0.2, 0) is 0 Å². The summed E-state index contributed by atoms with van der Waals surface area (Å²) in [6.45, 7) is 0. The lowest BCUT2D eigenvalue weighted by atomic mass is 10.2.